The summed E-state index contributed by atoms with van der Waals surface area (Å²) in [4.78, 5) is 26.3. The second-order valence-electron chi connectivity index (χ2n) is 5.79. The van der Waals surface area contributed by atoms with Crippen LogP contribution >= 0.6 is 39.1 Å². The molecule has 0 fully saturated rings. The molecular formula is C19H19BrCl2N2O3. The average molecular weight is 474 g/mol. The number of nitrogens with one attached hydrogen (secondary N) is 1. The van der Waals surface area contributed by atoms with Gasteiger partial charge in [0.15, 0.2) is 6.61 Å². The first-order valence-corrected chi connectivity index (χ1v) is 9.70. The van der Waals surface area contributed by atoms with E-state index in [-0.39, 0.29) is 25.0 Å². The monoisotopic (exact) mass is 472 g/mol. The molecule has 0 aromatic heterocycles. The highest BCUT2D eigenvalue weighted by Crippen LogP contribution is 2.23. The van der Waals surface area contributed by atoms with Gasteiger partial charge < -0.3 is 15.0 Å². The van der Waals surface area contributed by atoms with Crippen LogP contribution in [0.25, 0.3) is 0 Å². The van der Waals surface area contributed by atoms with E-state index in [1.54, 1.807) is 37.3 Å². The van der Waals surface area contributed by atoms with E-state index >= 15 is 0 Å². The average Bonchev–Trinajstić information content (AvgIpc) is 2.65. The number of rotatable bonds is 7. The molecule has 0 saturated heterocycles. The van der Waals surface area contributed by atoms with Crippen molar-refractivity contribution in [3.63, 3.8) is 0 Å². The maximum Gasteiger partial charge on any atom is 0.261 e. The fourth-order valence-corrected chi connectivity index (χ4v) is 3.12. The van der Waals surface area contributed by atoms with E-state index in [1.807, 2.05) is 12.1 Å². The molecular weight excluding hydrogens is 455 g/mol. The first-order chi connectivity index (χ1) is 12.8. The third kappa shape index (κ3) is 6.13. The SMILES string of the molecule is CNC(=O)[C@@H](C)N(Cc1ccc(Cl)cc1Cl)C(=O)COc1ccc(Br)cc1. The van der Waals surface area contributed by atoms with Crippen molar-refractivity contribution in [1.29, 1.82) is 0 Å². The lowest BCUT2D eigenvalue weighted by molar-refractivity contribution is -0.142. The van der Waals surface area contributed by atoms with E-state index in [2.05, 4.69) is 21.2 Å². The van der Waals surface area contributed by atoms with Crippen LogP contribution in [0.5, 0.6) is 5.75 Å². The molecule has 144 valence electrons. The van der Waals surface area contributed by atoms with Gasteiger partial charge in [-0.15, -0.1) is 0 Å². The molecule has 1 N–H and O–H groups in total. The smallest absolute Gasteiger partial charge is 0.261 e. The minimum Gasteiger partial charge on any atom is -0.484 e. The van der Waals surface area contributed by atoms with Gasteiger partial charge in [0.05, 0.1) is 0 Å². The Labute approximate surface area is 176 Å². The van der Waals surface area contributed by atoms with E-state index in [0.29, 0.717) is 21.4 Å². The zero-order valence-corrected chi connectivity index (χ0v) is 17.9. The van der Waals surface area contributed by atoms with Gasteiger partial charge in [-0.25, -0.2) is 0 Å². The molecule has 0 unspecified atom stereocenters. The lowest BCUT2D eigenvalue weighted by Gasteiger charge is -2.28. The van der Waals surface area contributed by atoms with Crippen LogP contribution < -0.4 is 10.1 Å². The van der Waals surface area contributed by atoms with Gasteiger partial charge in [-0.1, -0.05) is 45.2 Å². The van der Waals surface area contributed by atoms with Crippen LogP contribution in [0, 0.1) is 0 Å². The number of likely N-dealkylation sites (N-methyl/N-ethyl adjacent to an activating group) is 1. The van der Waals surface area contributed by atoms with Gasteiger partial charge >= 0.3 is 0 Å². The van der Waals surface area contributed by atoms with E-state index in [4.69, 9.17) is 27.9 Å². The minimum atomic E-state index is -0.692. The van der Waals surface area contributed by atoms with Gasteiger partial charge in [0.1, 0.15) is 11.8 Å². The van der Waals surface area contributed by atoms with Gasteiger partial charge in [-0.2, -0.15) is 0 Å². The summed E-state index contributed by atoms with van der Waals surface area (Å²) >= 11 is 15.5. The topological polar surface area (TPSA) is 58.6 Å². The molecule has 0 saturated carbocycles. The normalized spacial score (nSPS) is 11.6. The van der Waals surface area contributed by atoms with Crippen molar-refractivity contribution in [3.05, 3.63) is 62.5 Å². The summed E-state index contributed by atoms with van der Waals surface area (Å²) in [5.74, 6) is -0.0549. The maximum atomic E-state index is 12.8. The number of nitrogens with zero attached hydrogens (tertiary/aromatic N) is 1. The number of benzene rings is 2. The van der Waals surface area contributed by atoms with Gasteiger partial charge in [-0.3, -0.25) is 9.59 Å². The predicted molar refractivity (Wildman–Crippen MR) is 110 cm³/mol. The van der Waals surface area contributed by atoms with Crippen LogP contribution in [0.1, 0.15) is 12.5 Å². The van der Waals surface area contributed by atoms with Gasteiger partial charge in [0.2, 0.25) is 5.91 Å². The van der Waals surface area contributed by atoms with Crippen LogP contribution in [0.3, 0.4) is 0 Å². The van der Waals surface area contributed by atoms with E-state index in [1.165, 1.54) is 11.9 Å². The largest absolute Gasteiger partial charge is 0.484 e. The summed E-state index contributed by atoms with van der Waals surface area (Å²) < 4.78 is 6.47. The molecule has 8 heteroatoms. The van der Waals surface area contributed by atoms with Crippen LogP contribution in [-0.4, -0.2) is 36.4 Å². The molecule has 0 aliphatic carbocycles. The van der Waals surface area contributed by atoms with Crippen molar-refractivity contribution in [2.24, 2.45) is 0 Å². The third-order valence-electron chi connectivity index (χ3n) is 3.95. The Morgan fingerprint density at radius 3 is 2.44 bits per heavy atom. The lowest BCUT2D eigenvalue weighted by atomic mass is 10.1. The highest BCUT2D eigenvalue weighted by molar-refractivity contribution is 9.10. The minimum absolute atomic E-state index is 0.160. The summed E-state index contributed by atoms with van der Waals surface area (Å²) in [6, 6.07) is 11.5. The van der Waals surface area contributed by atoms with Gasteiger partial charge in [0.25, 0.3) is 5.91 Å². The molecule has 2 rings (SSSR count). The Morgan fingerprint density at radius 2 is 1.85 bits per heavy atom. The molecule has 0 aliphatic rings. The number of amides is 2. The summed E-state index contributed by atoms with van der Waals surface area (Å²) in [6.45, 7) is 1.61. The fraction of sp³-hybridized carbons (Fsp3) is 0.263. The quantitative estimate of drug-likeness (QED) is 0.652. The van der Waals surface area contributed by atoms with Gasteiger partial charge in [0, 0.05) is 28.1 Å². The molecule has 0 heterocycles. The number of carbonyl (C=O) groups excluding carboxylic acids is 2. The summed E-state index contributed by atoms with van der Waals surface area (Å²) in [5.41, 5.74) is 0.689. The number of halogens is 3. The zero-order valence-electron chi connectivity index (χ0n) is 14.8. The second kappa shape index (κ2) is 9.97. The second-order valence-corrected chi connectivity index (χ2v) is 7.55. The molecule has 2 aromatic rings. The molecule has 0 aliphatic heterocycles. The first-order valence-electron chi connectivity index (χ1n) is 8.15. The van der Waals surface area contributed by atoms with E-state index in [0.717, 1.165) is 4.47 Å². The zero-order chi connectivity index (χ0) is 20.0. The Balaban J connectivity index is 2.16. The first kappa shape index (κ1) is 21.5. The Hall–Kier alpha value is -1.76. The molecule has 2 amide bonds. The van der Waals surface area contributed by atoms with Crippen molar-refractivity contribution in [2.45, 2.75) is 19.5 Å². The van der Waals surface area contributed by atoms with Crippen LogP contribution in [0.2, 0.25) is 10.0 Å². The fourth-order valence-electron chi connectivity index (χ4n) is 2.38. The Morgan fingerprint density at radius 1 is 1.19 bits per heavy atom. The molecule has 5 nitrogen and oxygen atoms in total. The Bertz CT molecular complexity index is 815. The van der Waals surface area contributed by atoms with Crippen LogP contribution in [-0.2, 0) is 16.1 Å². The highest BCUT2D eigenvalue weighted by atomic mass is 79.9. The van der Waals surface area contributed by atoms with E-state index in [9.17, 15) is 9.59 Å². The highest BCUT2D eigenvalue weighted by Gasteiger charge is 2.26. The van der Waals surface area contributed by atoms with Crippen LogP contribution in [0.15, 0.2) is 46.9 Å². The summed E-state index contributed by atoms with van der Waals surface area (Å²) in [5, 5.41) is 3.49. The summed E-state index contributed by atoms with van der Waals surface area (Å²) in [7, 11) is 1.52. The predicted octanol–water partition coefficient (Wildman–Crippen LogP) is 4.30. The van der Waals surface area contributed by atoms with Crippen molar-refractivity contribution < 1.29 is 14.3 Å². The molecule has 1 atom stereocenters. The molecule has 0 spiro atoms. The number of carbonyl (C=O) groups is 2. The number of hydrogen-bond donors (Lipinski definition) is 1. The standard InChI is InChI=1S/C19H19BrCl2N2O3/c1-12(19(26)23-2)24(10-13-3-6-15(21)9-17(13)22)18(25)11-27-16-7-4-14(20)5-8-16/h3-9,12H,10-11H2,1-2H3,(H,23,26)/t12-/m1/s1. The maximum absolute atomic E-state index is 12.8. The molecule has 27 heavy (non-hydrogen) atoms. The summed E-state index contributed by atoms with van der Waals surface area (Å²) in [6.07, 6.45) is 0. The molecule has 0 radical (unpaired) electrons. The lowest BCUT2D eigenvalue weighted by Crippen LogP contribution is -2.48. The van der Waals surface area contributed by atoms with Gasteiger partial charge in [-0.05, 0) is 48.9 Å². The molecule has 2 aromatic carbocycles. The van der Waals surface area contributed by atoms with E-state index < -0.39 is 6.04 Å². The van der Waals surface area contributed by atoms with Crippen molar-refractivity contribution in [3.8, 4) is 5.75 Å². The number of ether oxygens (including phenoxy) is 1. The molecule has 0 bridgehead atoms. The third-order valence-corrected chi connectivity index (χ3v) is 5.06. The van der Waals surface area contributed by atoms with Crippen LogP contribution in [0.4, 0.5) is 0 Å². The Kier molecular flexibility index (Phi) is 7.95. The number of hydrogen-bond acceptors (Lipinski definition) is 3. The van der Waals surface area contributed by atoms with Crippen molar-refractivity contribution in [2.75, 3.05) is 13.7 Å². The van der Waals surface area contributed by atoms with Crippen molar-refractivity contribution >= 4 is 50.9 Å². The van der Waals surface area contributed by atoms with Crippen molar-refractivity contribution in [1.82, 2.24) is 10.2 Å².